The van der Waals surface area contributed by atoms with Crippen LogP contribution in [0.4, 0.5) is 0 Å². The van der Waals surface area contributed by atoms with Gasteiger partial charge < -0.3 is 14.5 Å². The van der Waals surface area contributed by atoms with Crippen molar-refractivity contribution in [2.24, 2.45) is 0 Å². The molecule has 180 valence electrons. The Hall–Kier alpha value is -2.74. The van der Waals surface area contributed by atoms with Gasteiger partial charge in [0, 0.05) is 44.6 Å². The van der Waals surface area contributed by atoms with Crippen molar-refractivity contribution in [1.29, 1.82) is 0 Å². The minimum atomic E-state index is -1.33. The Morgan fingerprint density at radius 2 is 1.79 bits per heavy atom. The average Bonchev–Trinajstić information content (AvgIpc) is 3.07. The molecule has 0 bridgehead atoms. The molecule has 2 saturated heterocycles. The number of rotatable bonds is 7. The van der Waals surface area contributed by atoms with Crippen LogP contribution in [-0.4, -0.2) is 79.4 Å². The second kappa shape index (κ2) is 10.3. The predicted molar refractivity (Wildman–Crippen MR) is 129 cm³/mol. The van der Waals surface area contributed by atoms with Crippen molar-refractivity contribution >= 4 is 29.3 Å². The molecular formula is C26H30ClN3O4. The maximum absolute atomic E-state index is 13.9. The molecule has 2 heterocycles. The van der Waals surface area contributed by atoms with Crippen molar-refractivity contribution < 1.29 is 19.1 Å². The molecule has 0 spiro atoms. The molecule has 1 unspecified atom stereocenters. The van der Waals surface area contributed by atoms with Crippen molar-refractivity contribution in [3.8, 4) is 0 Å². The smallest absolute Gasteiger partial charge is 0.241 e. The highest BCUT2D eigenvalue weighted by atomic mass is 35.5. The van der Waals surface area contributed by atoms with Crippen molar-refractivity contribution in [2.75, 3.05) is 46.9 Å². The zero-order valence-corrected chi connectivity index (χ0v) is 20.3. The molecule has 2 aliphatic rings. The van der Waals surface area contributed by atoms with E-state index in [0.29, 0.717) is 23.7 Å². The number of methoxy groups -OCH3 is 1. The number of carbonyl (C=O) groups is 3. The van der Waals surface area contributed by atoms with Crippen LogP contribution in [0.25, 0.3) is 0 Å². The number of ether oxygens (including phenoxy) is 1. The van der Waals surface area contributed by atoms with Crippen LogP contribution in [-0.2, 0) is 24.5 Å². The van der Waals surface area contributed by atoms with Crippen molar-refractivity contribution in [1.82, 2.24) is 14.7 Å². The van der Waals surface area contributed by atoms with Gasteiger partial charge in [0.2, 0.25) is 17.7 Å². The summed E-state index contributed by atoms with van der Waals surface area (Å²) in [4.78, 5) is 45.8. The molecule has 2 atom stereocenters. The first-order valence-corrected chi connectivity index (χ1v) is 11.9. The summed E-state index contributed by atoms with van der Waals surface area (Å²) in [6.45, 7) is 2.36. The number of benzene rings is 2. The minimum absolute atomic E-state index is 0.0885. The molecule has 34 heavy (non-hydrogen) atoms. The van der Waals surface area contributed by atoms with Gasteiger partial charge in [-0.3, -0.25) is 19.3 Å². The summed E-state index contributed by atoms with van der Waals surface area (Å²) >= 11 is 6.53. The quantitative estimate of drug-likeness (QED) is 0.566. The number of nitrogens with zero attached hydrogens (tertiary/aromatic N) is 3. The number of hydrogen-bond donors (Lipinski definition) is 0. The van der Waals surface area contributed by atoms with E-state index in [2.05, 4.69) is 4.90 Å². The molecule has 3 amide bonds. The summed E-state index contributed by atoms with van der Waals surface area (Å²) < 4.78 is 5.10. The Morgan fingerprint density at radius 3 is 2.50 bits per heavy atom. The van der Waals surface area contributed by atoms with Crippen molar-refractivity contribution in [3.63, 3.8) is 0 Å². The fourth-order valence-electron chi connectivity index (χ4n) is 5.04. The second-order valence-corrected chi connectivity index (χ2v) is 9.44. The van der Waals surface area contributed by atoms with Crippen LogP contribution in [0.5, 0.6) is 0 Å². The van der Waals surface area contributed by atoms with Crippen LogP contribution in [0.15, 0.2) is 54.6 Å². The van der Waals surface area contributed by atoms with E-state index in [9.17, 15) is 14.4 Å². The highest BCUT2D eigenvalue weighted by Crippen LogP contribution is 2.43. The van der Waals surface area contributed by atoms with E-state index in [0.717, 1.165) is 12.1 Å². The fourth-order valence-corrected chi connectivity index (χ4v) is 5.36. The van der Waals surface area contributed by atoms with Crippen LogP contribution in [0.3, 0.4) is 0 Å². The summed E-state index contributed by atoms with van der Waals surface area (Å²) in [5.74, 6) is -0.856. The average molecular weight is 484 g/mol. The van der Waals surface area contributed by atoms with E-state index in [1.807, 2.05) is 42.3 Å². The number of likely N-dealkylation sites (N-methyl/N-ethyl adjacent to an activating group) is 1. The largest absolute Gasteiger partial charge is 0.383 e. The number of piperazine rings is 1. The summed E-state index contributed by atoms with van der Waals surface area (Å²) in [6, 6.07) is 16.8. The molecule has 0 saturated carbocycles. The zero-order valence-electron chi connectivity index (χ0n) is 19.6. The molecule has 0 aliphatic carbocycles. The number of likely N-dealkylation sites (tertiary alicyclic amines) is 1. The van der Waals surface area contributed by atoms with Gasteiger partial charge in [0.25, 0.3) is 0 Å². The van der Waals surface area contributed by atoms with Gasteiger partial charge in [-0.25, -0.2) is 0 Å². The number of imide groups is 1. The number of amides is 3. The SMILES string of the molecule is COCCN1C(=O)CC(CC(=O)N2CCN(C)C[C@@H]2c2ccccc2)(c2ccccc2Cl)C1=O. The Morgan fingerprint density at radius 1 is 1.09 bits per heavy atom. The highest BCUT2D eigenvalue weighted by Gasteiger charge is 2.55. The second-order valence-electron chi connectivity index (χ2n) is 9.03. The third-order valence-electron chi connectivity index (χ3n) is 6.86. The third-order valence-corrected chi connectivity index (χ3v) is 7.19. The molecular weight excluding hydrogens is 454 g/mol. The van der Waals surface area contributed by atoms with Crippen LogP contribution in [0.2, 0.25) is 5.02 Å². The summed E-state index contributed by atoms with van der Waals surface area (Å²) in [5, 5.41) is 0.378. The lowest BCUT2D eigenvalue weighted by Gasteiger charge is -2.41. The number of halogens is 1. The summed E-state index contributed by atoms with van der Waals surface area (Å²) in [6.07, 6.45) is -0.202. The standard InChI is InChI=1S/C26H30ClN3O4/c1-28-12-13-29(22(18-28)19-8-4-3-5-9-19)23(31)16-26(20-10-6-7-11-21(20)27)17-24(32)30(25(26)33)14-15-34-2/h3-11,22H,12-18H2,1-2H3/t22-,26?/m1/s1. The molecule has 4 rings (SSSR count). The Balaban J connectivity index is 1.69. The van der Waals surface area contributed by atoms with Gasteiger partial charge in [0.05, 0.1) is 24.6 Å². The maximum Gasteiger partial charge on any atom is 0.241 e. The van der Waals surface area contributed by atoms with Gasteiger partial charge >= 0.3 is 0 Å². The lowest BCUT2D eigenvalue weighted by Crippen LogP contribution is -2.51. The third kappa shape index (κ3) is 4.60. The van der Waals surface area contributed by atoms with Crippen LogP contribution < -0.4 is 0 Å². The van der Waals surface area contributed by atoms with Gasteiger partial charge in [-0.15, -0.1) is 0 Å². The lowest BCUT2D eigenvalue weighted by atomic mass is 9.75. The van der Waals surface area contributed by atoms with E-state index in [-0.39, 0.29) is 49.8 Å². The lowest BCUT2D eigenvalue weighted by molar-refractivity contribution is -0.144. The monoisotopic (exact) mass is 483 g/mol. The van der Waals surface area contributed by atoms with Crippen molar-refractivity contribution in [3.05, 3.63) is 70.7 Å². The molecule has 8 heteroatoms. The minimum Gasteiger partial charge on any atom is -0.383 e. The predicted octanol–water partition coefficient (Wildman–Crippen LogP) is 2.89. The van der Waals surface area contributed by atoms with Crippen LogP contribution >= 0.6 is 11.6 Å². The molecule has 2 aromatic carbocycles. The van der Waals surface area contributed by atoms with Gasteiger partial charge in [-0.2, -0.15) is 0 Å². The van der Waals surface area contributed by atoms with Gasteiger partial charge in [0.1, 0.15) is 0 Å². The molecule has 2 aliphatic heterocycles. The first-order valence-electron chi connectivity index (χ1n) is 11.5. The first kappa shape index (κ1) is 24.4. The van der Waals surface area contributed by atoms with Gasteiger partial charge in [-0.1, -0.05) is 60.1 Å². The molecule has 0 N–H and O–H groups in total. The maximum atomic E-state index is 13.9. The summed E-state index contributed by atoms with van der Waals surface area (Å²) in [7, 11) is 3.56. The van der Waals surface area contributed by atoms with E-state index < -0.39 is 5.41 Å². The fraction of sp³-hybridized carbons (Fsp3) is 0.423. The Bertz CT molecular complexity index is 1060. The van der Waals surface area contributed by atoms with Gasteiger partial charge in [0.15, 0.2) is 0 Å². The Labute approximate surface area is 205 Å². The topological polar surface area (TPSA) is 70.2 Å². The number of carbonyl (C=O) groups excluding carboxylic acids is 3. The molecule has 0 aromatic heterocycles. The van der Waals surface area contributed by atoms with Gasteiger partial charge in [-0.05, 0) is 24.2 Å². The Kier molecular flexibility index (Phi) is 7.36. The normalized spacial score (nSPS) is 23.6. The van der Waals surface area contributed by atoms with E-state index in [1.165, 1.54) is 12.0 Å². The highest BCUT2D eigenvalue weighted by molar-refractivity contribution is 6.32. The summed E-state index contributed by atoms with van der Waals surface area (Å²) in [5.41, 5.74) is 0.239. The van der Waals surface area contributed by atoms with E-state index >= 15 is 0 Å². The number of hydrogen-bond acceptors (Lipinski definition) is 5. The van der Waals surface area contributed by atoms with Crippen LogP contribution in [0, 0.1) is 0 Å². The van der Waals surface area contributed by atoms with E-state index in [1.54, 1.807) is 24.3 Å². The molecule has 2 aromatic rings. The molecule has 7 nitrogen and oxygen atoms in total. The molecule has 2 fully saturated rings. The zero-order chi connectivity index (χ0) is 24.3. The van der Waals surface area contributed by atoms with E-state index in [4.69, 9.17) is 16.3 Å². The van der Waals surface area contributed by atoms with Crippen molar-refractivity contribution in [2.45, 2.75) is 24.3 Å². The molecule has 0 radical (unpaired) electrons. The first-order chi connectivity index (χ1) is 16.4. The van der Waals surface area contributed by atoms with Crippen LogP contribution in [0.1, 0.15) is 30.0 Å².